The van der Waals surface area contributed by atoms with E-state index in [-0.39, 0.29) is 29.2 Å². The van der Waals surface area contributed by atoms with E-state index in [1.165, 1.54) is 42.1 Å². The molecule has 152 valence electrons. The molecule has 0 atom stereocenters. The highest BCUT2D eigenvalue weighted by molar-refractivity contribution is 7.15. The predicted molar refractivity (Wildman–Crippen MR) is 106 cm³/mol. The Kier molecular flexibility index (Phi) is 5.78. The van der Waals surface area contributed by atoms with Gasteiger partial charge in [0.2, 0.25) is 0 Å². The van der Waals surface area contributed by atoms with Gasteiger partial charge in [0, 0.05) is 41.9 Å². The molecule has 1 aromatic carbocycles. The minimum absolute atomic E-state index is 0.141. The van der Waals surface area contributed by atoms with Gasteiger partial charge in [-0.05, 0) is 6.92 Å². The van der Waals surface area contributed by atoms with Crippen molar-refractivity contribution in [3.63, 3.8) is 0 Å². The Morgan fingerprint density at radius 3 is 2.62 bits per heavy atom. The minimum atomic E-state index is -0.656. The summed E-state index contributed by atoms with van der Waals surface area (Å²) in [6.07, 6.45) is 0.359. The van der Waals surface area contributed by atoms with Gasteiger partial charge in [-0.25, -0.2) is 4.98 Å². The second-order valence-corrected chi connectivity index (χ2v) is 6.90. The van der Waals surface area contributed by atoms with E-state index in [2.05, 4.69) is 10.3 Å². The number of amides is 1. The zero-order chi connectivity index (χ0) is 21.1. The highest BCUT2D eigenvalue weighted by Crippen LogP contribution is 2.34. The van der Waals surface area contributed by atoms with Crippen LogP contribution in [0, 0.1) is 17.0 Å². The zero-order valence-corrected chi connectivity index (χ0v) is 16.7. The molecule has 0 spiro atoms. The van der Waals surface area contributed by atoms with Crippen molar-refractivity contribution in [2.24, 2.45) is 0 Å². The third-order valence-corrected chi connectivity index (χ3v) is 5.09. The standard InChI is InChI=1S/C18H18N4O6S/c1-10-6-16(23)21-11(9-29-18(21)20-10)4-5-19-17(24)12-7-14(27-2)15(28-3)8-13(12)22(25)26/h6-9H,4-5H2,1-3H3,(H,19,24). The Balaban J connectivity index is 1.80. The summed E-state index contributed by atoms with van der Waals surface area (Å²) in [5.74, 6) is -0.263. The van der Waals surface area contributed by atoms with Crippen LogP contribution in [0.15, 0.2) is 28.4 Å². The fourth-order valence-corrected chi connectivity index (χ4v) is 3.83. The average molecular weight is 418 g/mol. The first-order chi connectivity index (χ1) is 13.8. The predicted octanol–water partition coefficient (Wildman–Crippen LogP) is 1.96. The van der Waals surface area contributed by atoms with Crippen molar-refractivity contribution in [2.75, 3.05) is 20.8 Å². The molecule has 0 aliphatic rings. The first-order valence-corrected chi connectivity index (χ1v) is 9.39. The van der Waals surface area contributed by atoms with Gasteiger partial charge >= 0.3 is 0 Å². The summed E-state index contributed by atoms with van der Waals surface area (Å²) in [4.78, 5) is 40.3. The molecule has 2 aromatic heterocycles. The summed E-state index contributed by atoms with van der Waals surface area (Å²) < 4.78 is 11.7. The van der Waals surface area contributed by atoms with E-state index in [4.69, 9.17) is 9.47 Å². The lowest BCUT2D eigenvalue weighted by Crippen LogP contribution is -2.27. The van der Waals surface area contributed by atoms with Crippen LogP contribution in [-0.4, -0.2) is 41.0 Å². The van der Waals surface area contributed by atoms with Crippen molar-refractivity contribution in [2.45, 2.75) is 13.3 Å². The van der Waals surface area contributed by atoms with Gasteiger partial charge in [-0.1, -0.05) is 0 Å². The molecule has 0 saturated carbocycles. The molecule has 1 N–H and O–H groups in total. The van der Waals surface area contributed by atoms with Crippen LogP contribution < -0.4 is 20.3 Å². The fourth-order valence-electron chi connectivity index (χ4n) is 2.86. The Morgan fingerprint density at radius 1 is 1.28 bits per heavy atom. The number of carbonyl (C=O) groups is 1. The first kappa shape index (κ1) is 20.3. The Bertz CT molecular complexity index is 1150. The van der Waals surface area contributed by atoms with Crippen molar-refractivity contribution in [1.29, 1.82) is 0 Å². The molecule has 3 rings (SSSR count). The van der Waals surface area contributed by atoms with Crippen molar-refractivity contribution in [3.8, 4) is 11.5 Å². The van der Waals surface area contributed by atoms with Crippen molar-refractivity contribution in [3.05, 3.63) is 61.0 Å². The van der Waals surface area contributed by atoms with Crippen LogP contribution in [0.1, 0.15) is 21.7 Å². The summed E-state index contributed by atoms with van der Waals surface area (Å²) in [6.45, 7) is 1.92. The molecular formula is C18H18N4O6S. The molecule has 0 aliphatic carbocycles. The summed E-state index contributed by atoms with van der Waals surface area (Å²) in [5.41, 5.74) is 0.613. The van der Waals surface area contributed by atoms with Crippen molar-refractivity contribution in [1.82, 2.24) is 14.7 Å². The van der Waals surface area contributed by atoms with Crippen LogP contribution in [0.2, 0.25) is 0 Å². The van der Waals surface area contributed by atoms with Crippen LogP contribution in [0.25, 0.3) is 4.96 Å². The molecule has 0 fully saturated rings. The third-order valence-electron chi connectivity index (χ3n) is 4.21. The second kappa shape index (κ2) is 8.27. The molecule has 10 nitrogen and oxygen atoms in total. The lowest BCUT2D eigenvalue weighted by atomic mass is 10.1. The Labute approximate surface area is 168 Å². The monoisotopic (exact) mass is 418 g/mol. The van der Waals surface area contributed by atoms with Crippen LogP contribution in [0.5, 0.6) is 11.5 Å². The molecule has 0 unspecified atom stereocenters. The van der Waals surface area contributed by atoms with E-state index < -0.39 is 16.5 Å². The van der Waals surface area contributed by atoms with E-state index in [1.54, 1.807) is 12.3 Å². The lowest BCUT2D eigenvalue weighted by molar-refractivity contribution is -0.385. The molecule has 0 radical (unpaired) electrons. The maximum atomic E-state index is 12.6. The number of aromatic nitrogens is 2. The van der Waals surface area contributed by atoms with Gasteiger partial charge in [0.1, 0.15) is 5.56 Å². The van der Waals surface area contributed by atoms with Crippen molar-refractivity contribution < 1.29 is 19.2 Å². The molecule has 3 aromatic rings. The lowest BCUT2D eigenvalue weighted by Gasteiger charge is -2.11. The molecule has 0 saturated heterocycles. The maximum Gasteiger partial charge on any atom is 0.286 e. The Hall–Kier alpha value is -3.47. The van der Waals surface area contributed by atoms with E-state index in [0.717, 1.165) is 6.07 Å². The zero-order valence-electron chi connectivity index (χ0n) is 15.9. The minimum Gasteiger partial charge on any atom is -0.493 e. The van der Waals surface area contributed by atoms with E-state index in [1.807, 2.05) is 0 Å². The number of aryl methyl sites for hydroxylation is 1. The quantitative estimate of drug-likeness (QED) is 0.459. The average Bonchev–Trinajstić information content (AvgIpc) is 3.09. The molecule has 2 heterocycles. The van der Waals surface area contributed by atoms with E-state index in [9.17, 15) is 19.7 Å². The van der Waals surface area contributed by atoms with Gasteiger partial charge in [-0.15, -0.1) is 11.3 Å². The van der Waals surface area contributed by atoms with Gasteiger partial charge in [0.15, 0.2) is 16.5 Å². The molecule has 0 bridgehead atoms. The number of fused-ring (bicyclic) bond motifs is 1. The number of hydrogen-bond donors (Lipinski definition) is 1. The number of ether oxygens (including phenoxy) is 2. The fraction of sp³-hybridized carbons (Fsp3) is 0.278. The smallest absolute Gasteiger partial charge is 0.286 e. The van der Waals surface area contributed by atoms with E-state index in [0.29, 0.717) is 22.8 Å². The van der Waals surface area contributed by atoms with Gasteiger partial charge < -0.3 is 14.8 Å². The Morgan fingerprint density at radius 2 is 1.97 bits per heavy atom. The van der Waals surface area contributed by atoms with Gasteiger partial charge in [0.25, 0.3) is 17.2 Å². The topological polar surface area (TPSA) is 125 Å². The highest BCUT2D eigenvalue weighted by atomic mass is 32.1. The number of benzene rings is 1. The second-order valence-electron chi connectivity index (χ2n) is 6.07. The van der Waals surface area contributed by atoms with Crippen LogP contribution >= 0.6 is 11.3 Å². The number of methoxy groups -OCH3 is 2. The van der Waals surface area contributed by atoms with Crippen LogP contribution in [-0.2, 0) is 6.42 Å². The van der Waals surface area contributed by atoms with Crippen molar-refractivity contribution >= 4 is 27.9 Å². The summed E-state index contributed by atoms with van der Waals surface area (Å²) >= 11 is 1.33. The number of nitro benzene ring substituents is 1. The molecule has 29 heavy (non-hydrogen) atoms. The van der Waals surface area contributed by atoms with Gasteiger partial charge in [-0.2, -0.15) is 0 Å². The molecule has 0 aliphatic heterocycles. The van der Waals surface area contributed by atoms with Gasteiger partial charge in [0.05, 0.1) is 25.2 Å². The third kappa shape index (κ3) is 4.04. The first-order valence-electron chi connectivity index (χ1n) is 8.51. The number of thiazole rings is 1. The molecule has 1 amide bonds. The molecule has 11 heteroatoms. The molecular weight excluding hydrogens is 400 g/mol. The summed E-state index contributed by atoms with van der Waals surface area (Å²) in [7, 11) is 2.73. The maximum absolute atomic E-state index is 12.6. The normalized spacial score (nSPS) is 10.7. The van der Waals surface area contributed by atoms with Crippen LogP contribution in [0.3, 0.4) is 0 Å². The highest BCUT2D eigenvalue weighted by Gasteiger charge is 2.24. The summed E-state index contributed by atoms with van der Waals surface area (Å²) in [5, 5.41) is 15.8. The number of nitro groups is 1. The van der Waals surface area contributed by atoms with Crippen LogP contribution in [0.4, 0.5) is 5.69 Å². The summed E-state index contributed by atoms with van der Waals surface area (Å²) in [6, 6.07) is 3.85. The number of rotatable bonds is 7. The van der Waals surface area contributed by atoms with E-state index >= 15 is 0 Å². The number of nitrogens with one attached hydrogen (secondary N) is 1. The largest absolute Gasteiger partial charge is 0.493 e. The number of hydrogen-bond acceptors (Lipinski definition) is 8. The number of nitrogens with zero attached hydrogens (tertiary/aromatic N) is 3. The van der Waals surface area contributed by atoms with Gasteiger partial charge in [-0.3, -0.25) is 24.1 Å². The SMILES string of the molecule is COc1cc(C(=O)NCCc2csc3nc(C)cc(=O)n23)c([N+](=O)[O-])cc1OC. The number of carbonyl (C=O) groups excluding carboxylic acids is 1.